The number of fused-ring (bicyclic) bond motifs is 1. The number of aromatic nitrogens is 1. The van der Waals surface area contributed by atoms with Crippen molar-refractivity contribution in [2.75, 3.05) is 44.8 Å². The molecule has 2 fully saturated rings. The van der Waals surface area contributed by atoms with Gasteiger partial charge in [0.05, 0.1) is 38.5 Å². The molecular formula is C16H21N3O3. The van der Waals surface area contributed by atoms with Gasteiger partial charge in [0.1, 0.15) is 5.52 Å². The van der Waals surface area contributed by atoms with Crippen LogP contribution in [0.3, 0.4) is 0 Å². The molecule has 3 heterocycles. The average molecular weight is 303 g/mol. The van der Waals surface area contributed by atoms with Gasteiger partial charge in [0.15, 0.2) is 5.58 Å². The van der Waals surface area contributed by atoms with Gasteiger partial charge >= 0.3 is 0 Å². The first-order valence-corrected chi connectivity index (χ1v) is 7.83. The maximum absolute atomic E-state index is 5.80. The Labute approximate surface area is 129 Å². The maximum atomic E-state index is 5.80. The number of nitrogens with one attached hydrogen (secondary N) is 1. The summed E-state index contributed by atoms with van der Waals surface area (Å²) in [7, 11) is 0. The van der Waals surface area contributed by atoms with Crippen LogP contribution < -0.4 is 5.32 Å². The van der Waals surface area contributed by atoms with Gasteiger partial charge in [-0.2, -0.15) is 4.98 Å². The van der Waals surface area contributed by atoms with Crippen molar-refractivity contribution in [3.05, 3.63) is 23.8 Å². The minimum Gasteiger partial charge on any atom is -0.424 e. The van der Waals surface area contributed by atoms with Crippen molar-refractivity contribution in [3.8, 4) is 0 Å². The highest BCUT2D eigenvalue weighted by Crippen LogP contribution is 2.23. The molecule has 6 heteroatoms. The van der Waals surface area contributed by atoms with Gasteiger partial charge in [-0.15, -0.1) is 0 Å². The largest absolute Gasteiger partial charge is 0.424 e. The molecule has 2 aromatic rings. The summed E-state index contributed by atoms with van der Waals surface area (Å²) < 4.78 is 16.9. The third-order valence-corrected chi connectivity index (χ3v) is 4.42. The van der Waals surface area contributed by atoms with E-state index in [-0.39, 0.29) is 6.04 Å². The van der Waals surface area contributed by atoms with Crippen molar-refractivity contribution >= 4 is 17.1 Å². The van der Waals surface area contributed by atoms with Crippen LogP contribution in [0.15, 0.2) is 22.6 Å². The van der Waals surface area contributed by atoms with Crippen LogP contribution in [0, 0.1) is 6.92 Å². The summed E-state index contributed by atoms with van der Waals surface area (Å²) in [6, 6.07) is 7.16. The second-order valence-corrected chi connectivity index (χ2v) is 5.99. The van der Waals surface area contributed by atoms with Crippen LogP contribution in [-0.4, -0.2) is 61.5 Å². The molecule has 0 saturated carbocycles. The molecule has 0 aliphatic carbocycles. The summed E-state index contributed by atoms with van der Waals surface area (Å²) in [5, 5.41) is 3.41. The third kappa shape index (κ3) is 2.69. The zero-order valence-corrected chi connectivity index (χ0v) is 12.7. The number of nitrogens with zero attached hydrogens (tertiary/aromatic N) is 2. The summed E-state index contributed by atoms with van der Waals surface area (Å²) in [4.78, 5) is 6.97. The number of benzene rings is 1. The van der Waals surface area contributed by atoms with Crippen LogP contribution in [0.5, 0.6) is 0 Å². The molecule has 4 rings (SSSR count). The maximum Gasteiger partial charge on any atom is 0.296 e. The first kappa shape index (κ1) is 14.0. The fourth-order valence-electron chi connectivity index (χ4n) is 3.21. The van der Waals surface area contributed by atoms with Crippen LogP contribution in [0.2, 0.25) is 0 Å². The van der Waals surface area contributed by atoms with Crippen molar-refractivity contribution in [1.82, 2.24) is 9.88 Å². The number of anilines is 1. The van der Waals surface area contributed by atoms with Gasteiger partial charge in [-0.1, -0.05) is 6.07 Å². The lowest BCUT2D eigenvalue weighted by molar-refractivity contribution is 0.0130. The molecule has 2 aliphatic rings. The van der Waals surface area contributed by atoms with Gasteiger partial charge in [0, 0.05) is 13.1 Å². The number of morpholine rings is 1. The molecule has 118 valence electrons. The third-order valence-electron chi connectivity index (χ3n) is 4.42. The quantitative estimate of drug-likeness (QED) is 0.930. The number of hydrogen-bond donors (Lipinski definition) is 1. The molecule has 2 atom stereocenters. The molecule has 0 bridgehead atoms. The van der Waals surface area contributed by atoms with Crippen molar-refractivity contribution < 1.29 is 13.9 Å². The lowest BCUT2D eigenvalue weighted by atomic mass is 10.1. The van der Waals surface area contributed by atoms with E-state index in [1.54, 1.807) is 0 Å². The first-order chi connectivity index (χ1) is 10.8. The Hall–Kier alpha value is -1.63. The predicted molar refractivity (Wildman–Crippen MR) is 83.2 cm³/mol. The molecule has 6 nitrogen and oxygen atoms in total. The Balaban J connectivity index is 1.50. The number of oxazole rings is 1. The minimum atomic E-state index is 0.201. The molecular weight excluding hydrogens is 282 g/mol. The molecule has 1 N–H and O–H groups in total. The SMILES string of the molecule is Cc1ccc2oc(N[C@H]3COC[C@@H]3N3CCOCC3)nc2c1. The lowest BCUT2D eigenvalue weighted by Gasteiger charge is -2.34. The second kappa shape index (κ2) is 5.87. The Morgan fingerprint density at radius 2 is 2.05 bits per heavy atom. The topological polar surface area (TPSA) is 59.8 Å². The summed E-state index contributed by atoms with van der Waals surface area (Å²) in [5.41, 5.74) is 2.89. The van der Waals surface area contributed by atoms with E-state index in [4.69, 9.17) is 13.9 Å². The van der Waals surface area contributed by atoms with Gasteiger partial charge in [-0.25, -0.2) is 0 Å². The molecule has 22 heavy (non-hydrogen) atoms. The molecule has 0 unspecified atom stereocenters. The lowest BCUT2D eigenvalue weighted by Crippen LogP contribution is -2.50. The number of aryl methyl sites for hydroxylation is 1. The van der Waals surface area contributed by atoms with E-state index in [9.17, 15) is 0 Å². The van der Waals surface area contributed by atoms with E-state index in [0.29, 0.717) is 18.7 Å². The highest BCUT2D eigenvalue weighted by Gasteiger charge is 2.34. The van der Waals surface area contributed by atoms with Crippen LogP contribution in [0.25, 0.3) is 11.1 Å². The van der Waals surface area contributed by atoms with Gasteiger partial charge in [0.2, 0.25) is 0 Å². The Kier molecular flexibility index (Phi) is 3.73. The predicted octanol–water partition coefficient (Wildman–Crippen LogP) is 1.65. The second-order valence-electron chi connectivity index (χ2n) is 5.99. The van der Waals surface area contributed by atoms with Crippen LogP contribution in [0.1, 0.15) is 5.56 Å². The monoisotopic (exact) mass is 303 g/mol. The fourth-order valence-corrected chi connectivity index (χ4v) is 3.21. The average Bonchev–Trinajstić information content (AvgIpc) is 3.14. The van der Waals surface area contributed by atoms with E-state index in [1.165, 1.54) is 5.56 Å². The highest BCUT2D eigenvalue weighted by atomic mass is 16.5. The Bertz CT molecular complexity index is 651. The van der Waals surface area contributed by atoms with E-state index >= 15 is 0 Å². The molecule has 0 spiro atoms. The first-order valence-electron chi connectivity index (χ1n) is 7.83. The van der Waals surface area contributed by atoms with Crippen LogP contribution in [-0.2, 0) is 9.47 Å². The number of ether oxygens (including phenoxy) is 2. The van der Waals surface area contributed by atoms with Crippen LogP contribution >= 0.6 is 0 Å². The highest BCUT2D eigenvalue weighted by molar-refractivity contribution is 5.75. The normalized spacial score (nSPS) is 26.6. The minimum absolute atomic E-state index is 0.201. The standard InChI is InChI=1S/C16H21N3O3/c1-11-2-3-15-12(8-11)17-16(22-15)18-13-9-21-10-14(13)19-4-6-20-7-5-19/h2-3,8,13-14H,4-7,9-10H2,1H3,(H,17,18)/t13-,14-/m0/s1. The number of rotatable bonds is 3. The smallest absolute Gasteiger partial charge is 0.296 e. The van der Waals surface area contributed by atoms with Gasteiger partial charge in [-0.05, 0) is 24.6 Å². The summed E-state index contributed by atoms with van der Waals surface area (Å²) in [6.07, 6.45) is 0. The molecule has 0 radical (unpaired) electrons. The van der Waals surface area contributed by atoms with Crippen molar-refractivity contribution in [2.24, 2.45) is 0 Å². The van der Waals surface area contributed by atoms with E-state index in [0.717, 1.165) is 44.0 Å². The molecule has 1 aromatic heterocycles. The Morgan fingerprint density at radius 1 is 1.18 bits per heavy atom. The number of hydrogen-bond acceptors (Lipinski definition) is 6. The van der Waals surface area contributed by atoms with E-state index < -0.39 is 0 Å². The van der Waals surface area contributed by atoms with Gasteiger partial charge in [-0.3, -0.25) is 4.90 Å². The van der Waals surface area contributed by atoms with Gasteiger partial charge in [0.25, 0.3) is 6.01 Å². The van der Waals surface area contributed by atoms with Crippen molar-refractivity contribution in [2.45, 2.75) is 19.0 Å². The summed E-state index contributed by atoms with van der Waals surface area (Å²) in [6.45, 7) is 6.99. The van der Waals surface area contributed by atoms with E-state index in [1.807, 2.05) is 18.2 Å². The molecule has 0 amide bonds. The van der Waals surface area contributed by atoms with Crippen molar-refractivity contribution in [3.63, 3.8) is 0 Å². The molecule has 1 aromatic carbocycles. The fraction of sp³-hybridized carbons (Fsp3) is 0.562. The summed E-state index contributed by atoms with van der Waals surface area (Å²) >= 11 is 0. The molecule has 2 saturated heterocycles. The zero-order chi connectivity index (χ0) is 14.9. The van der Waals surface area contributed by atoms with Gasteiger partial charge < -0.3 is 19.2 Å². The van der Waals surface area contributed by atoms with Crippen molar-refractivity contribution in [1.29, 1.82) is 0 Å². The zero-order valence-electron chi connectivity index (χ0n) is 12.7. The van der Waals surface area contributed by atoms with Crippen LogP contribution in [0.4, 0.5) is 6.01 Å². The van der Waals surface area contributed by atoms with E-state index in [2.05, 4.69) is 22.1 Å². The Morgan fingerprint density at radius 3 is 2.91 bits per heavy atom. The summed E-state index contributed by atoms with van der Waals surface area (Å²) in [5.74, 6) is 0. The molecule has 2 aliphatic heterocycles.